The molecule has 2 aromatic rings. The third kappa shape index (κ3) is 3.74. The average molecular weight is 387 g/mol. The lowest BCUT2D eigenvalue weighted by molar-refractivity contribution is 0.0647. The maximum atomic E-state index is 11.9. The molecule has 4 rings (SSSR count). The van der Waals surface area contributed by atoms with Gasteiger partial charge in [0.15, 0.2) is 0 Å². The van der Waals surface area contributed by atoms with Crippen LogP contribution in [0.15, 0.2) is 53.4 Å². The molecule has 144 valence electrons. The van der Waals surface area contributed by atoms with Gasteiger partial charge in [-0.25, -0.2) is 13.1 Å². The van der Waals surface area contributed by atoms with Gasteiger partial charge in [-0.2, -0.15) is 0 Å². The summed E-state index contributed by atoms with van der Waals surface area (Å²) in [5, 5.41) is 0. The summed E-state index contributed by atoms with van der Waals surface area (Å²) in [5.41, 5.74) is 2.60. The van der Waals surface area contributed by atoms with Gasteiger partial charge in [-0.1, -0.05) is 30.7 Å². The van der Waals surface area contributed by atoms with E-state index in [0.717, 1.165) is 19.5 Å². The summed E-state index contributed by atoms with van der Waals surface area (Å²) in [6.45, 7) is 2.25. The predicted molar refractivity (Wildman–Crippen MR) is 105 cm³/mol. The van der Waals surface area contributed by atoms with Gasteiger partial charge in [-0.15, -0.1) is 0 Å². The van der Waals surface area contributed by atoms with E-state index < -0.39 is 10.0 Å². The van der Waals surface area contributed by atoms with E-state index in [2.05, 4.69) is 33.9 Å². The molecule has 1 saturated heterocycles. The van der Waals surface area contributed by atoms with Crippen LogP contribution in [0.2, 0.25) is 0 Å². The highest BCUT2D eigenvalue weighted by atomic mass is 32.2. The van der Waals surface area contributed by atoms with Gasteiger partial charge in [0.25, 0.3) is 0 Å². The maximum Gasteiger partial charge on any atom is 0.240 e. The van der Waals surface area contributed by atoms with Crippen LogP contribution in [0.1, 0.15) is 36.5 Å². The SMILES string of the molecule is CNS(=O)(=O)c1ccc(O[C@H]2c3ccccc3C[C@@H]2N2CCCCC2)cc1. The number of fused-ring (bicyclic) bond motifs is 1. The average Bonchev–Trinajstić information content (AvgIpc) is 3.08. The van der Waals surface area contributed by atoms with Crippen LogP contribution < -0.4 is 9.46 Å². The molecule has 27 heavy (non-hydrogen) atoms. The van der Waals surface area contributed by atoms with Crippen molar-refractivity contribution in [2.24, 2.45) is 0 Å². The van der Waals surface area contributed by atoms with Gasteiger partial charge >= 0.3 is 0 Å². The summed E-state index contributed by atoms with van der Waals surface area (Å²) in [6, 6.07) is 15.5. The molecule has 0 unspecified atom stereocenters. The Morgan fingerprint density at radius 3 is 2.41 bits per heavy atom. The zero-order valence-corrected chi connectivity index (χ0v) is 16.4. The lowest BCUT2D eigenvalue weighted by atomic mass is 10.0. The first-order valence-electron chi connectivity index (χ1n) is 9.60. The third-order valence-corrected chi connectivity index (χ3v) is 7.10. The number of rotatable bonds is 5. The molecule has 1 fully saturated rings. The fourth-order valence-corrected chi connectivity index (χ4v) is 4.94. The molecule has 1 N–H and O–H groups in total. The van der Waals surface area contributed by atoms with E-state index in [9.17, 15) is 8.42 Å². The van der Waals surface area contributed by atoms with E-state index >= 15 is 0 Å². The molecular weight excluding hydrogens is 360 g/mol. The number of likely N-dealkylation sites (tertiary alicyclic amines) is 1. The quantitative estimate of drug-likeness (QED) is 0.858. The molecule has 1 aliphatic carbocycles. The largest absolute Gasteiger partial charge is 0.484 e. The van der Waals surface area contributed by atoms with Gasteiger partial charge in [0.1, 0.15) is 11.9 Å². The second-order valence-electron chi connectivity index (χ2n) is 7.28. The van der Waals surface area contributed by atoms with E-state index in [1.807, 2.05) is 0 Å². The number of nitrogens with one attached hydrogen (secondary N) is 1. The number of benzene rings is 2. The van der Waals surface area contributed by atoms with Crippen LogP contribution in [0.3, 0.4) is 0 Å². The van der Waals surface area contributed by atoms with E-state index in [1.165, 1.54) is 37.4 Å². The van der Waals surface area contributed by atoms with Crippen LogP contribution in [0.25, 0.3) is 0 Å². The Balaban J connectivity index is 1.59. The highest BCUT2D eigenvalue weighted by Gasteiger charge is 2.38. The fourth-order valence-electron chi connectivity index (χ4n) is 4.21. The molecule has 6 heteroatoms. The van der Waals surface area contributed by atoms with Crippen molar-refractivity contribution in [1.82, 2.24) is 9.62 Å². The topological polar surface area (TPSA) is 58.6 Å². The molecule has 0 radical (unpaired) electrons. The van der Waals surface area contributed by atoms with Crippen molar-refractivity contribution < 1.29 is 13.2 Å². The van der Waals surface area contributed by atoms with Gasteiger partial charge < -0.3 is 4.74 Å². The summed E-state index contributed by atoms with van der Waals surface area (Å²) in [4.78, 5) is 2.81. The van der Waals surface area contributed by atoms with Crippen LogP contribution in [-0.2, 0) is 16.4 Å². The predicted octanol–water partition coefficient (Wildman–Crippen LogP) is 3.13. The number of nitrogens with zero attached hydrogens (tertiary/aromatic N) is 1. The van der Waals surface area contributed by atoms with Gasteiger partial charge in [0, 0.05) is 0 Å². The Labute approximate surface area is 161 Å². The van der Waals surface area contributed by atoms with Crippen molar-refractivity contribution in [3.63, 3.8) is 0 Å². The van der Waals surface area contributed by atoms with E-state index in [0.29, 0.717) is 11.8 Å². The highest BCUT2D eigenvalue weighted by Crippen LogP contribution is 2.39. The number of piperidine rings is 1. The standard InChI is InChI=1S/C21H26N2O3S/c1-22-27(24,25)18-11-9-17(10-12-18)26-21-19-8-4-3-7-16(19)15-20(21)23-13-5-2-6-14-23/h3-4,7-12,20-22H,2,5-6,13-15H2,1H3/t20-,21-/m0/s1. The Morgan fingerprint density at radius 1 is 1.00 bits per heavy atom. The van der Waals surface area contributed by atoms with Gasteiger partial charge in [0.05, 0.1) is 10.9 Å². The summed E-state index contributed by atoms with van der Waals surface area (Å²) in [6.07, 6.45) is 4.79. The molecule has 2 atom stereocenters. The van der Waals surface area contributed by atoms with Gasteiger partial charge in [0.2, 0.25) is 10.0 Å². The normalized spacial score (nSPS) is 23.1. The zero-order valence-electron chi connectivity index (χ0n) is 15.6. The first kappa shape index (κ1) is 18.5. The summed E-state index contributed by atoms with van der Waals surface area (Å²) in [5.74, 6) is 0.703. The Hall–Kier alpha value is -1.89. The van der Waals surface area contributed by atoms with Crippen LogP contribution in [-0.4, -0.2) is 39.5 Å². The molecule has 0 saturated carbocycles. The third-order valence-electron chi connectivity index (χ3n) is 5.67. The molecule has 2 aliphatic rings. The van der Waals surface area contributed by atoms with E-state index in [-0.39, 0.29) is 11.0 Å². The minimum Gasteiger partial charge on any atom is -0.484 e. The van der Waals surface area contributed by atoms with Crippen molar-refractivity contribution in [2.75, 3.05) is 20.1 Å². The van der Waals surface area contributed by atoms with Crippen molar-refractivity contribution in [3.05, 3.63) is 59.7 Å². The molecule has 5 nitrogen and oxygen atoms in total. The highest BCUT2D eigenvalue weighted by molar-refractivity contribution is 7.89. The molecule has 0 spiro atoms. The Morgan fingerprint density at radius 2 is 1.70 bits per heavy atom. The van der Waals surface area contributed by atoms with Crippen molar-refractivity contribution in [3.8, 4) is 5.75 Å². The Kier molecular flexibility index (Phi) is 5.21. The van der Waals surface area contributed by atoms with Gasteiger partial charge in [-0.05, 0) is 74.8 Å². The first-order valence-corrected chi connectivity index (χ1v) is 11.1. The van der Waals surface area contributed by atoms with Crippen LogP contribution in [0.4, 0.5) is 0 Å². The second kappa shape index (κ2) is 7.62. The number of hydrogen-bond donors (Lipinski definition) is 1. The minimum atomic E-state index is -3.43. The monoisotopic (exact) mass is 386 g/mol. The first-order chi connectivity index (χ1) is 13.1. The number of hydrogen-bond acceptors (Lipinski definition) is 4. The lowest BCUT2D eigenvalue weighted by Crippen LogP contribution is -2.43. The molecule has 1 heterocycles. The summed E-state index contributed by atoms with van der Waals surface area (Å²) >= 11 is 0. The molecule has 1 aliphatic heterocycles. The van der Waals surface area contributed by atoms with Crippen molar-refractivity contribution >= 4 is 10.0 Å². The molecule has 0 bridgehead atoms. The molecule has 2 aromatic carbocycles. The molecule has 0 aromatic heterocycles. The second-order valence-corrected chi connectivity index (χ2v) is 9.17. The Bertz CT molecular complexity index is 890. The van der Waals surface area contributed by atoms with Crippen LogP contribution in [0.5, 0.6) is 5.75 Å². The van der Waals surface area contributed by atoms with E-state index in [1.54, 1.807) is 24.3 Å². The zero-order chi connectivity index (χ0) is 18.9. The van der Waals surface area contributed by atoms with Gasteiger partial charge in [-0.3, -0.25) is 4.90 Å². The van der Waals surface area contributed by atoms with Crippen LogP contribution in [0, 0.1) is 0 Å². The molecular formula is C21H26N2O3S. The summed E-state index contributed by atoms with van der Waals surface area (Å²) in [7, 11) is -2.02. The molecule has 0 amide bonds. The van der Waals surface area contributed by atoms with Crippen molar-refractivity contribution in [2.45, 2.75) is 42.7 Å². The van der Waals surface area contributed by atoms with Crippen molar-refractivity contribution in [1.29, 1.82) is 0 Å². The minimum absolute atomic E-state index is 0.0222. The number of sulfonamides is 1. The smallest absolute Gasteiger partial charge is 0.240 e. The maximum absolute atomic E-state index is 11.9. The number of ether oxygens (including phenoxy) is 1. The summed E-state index contributed by atoms with van der Waals surface area (Å²) < 4.78 is 32.6. The van der Waals surface area contributed by atoms with E-state index in [4.69, 9.17) is 4.74 Å². The fraction of sp³-hybridized carbons (Fsp3) is 0.429. The lowest BCUT2D eigenvalue weighted by Gasteiger charge is -2.35. The van der Waals surface area contributed by atoms with Crippen LogP contribution >= 0.6 is 0 Å².